The summed E-state index contributed by atoms with van der Waals surface area (Å²) in [5.41, 5.74) is 6.27. The highest BCUT2D eigenvalue weighted by atomic mass is 32.1. The van der Waals surface area contributed by atoms with Crippen molar-refractivity contribution in [1.29, 1.82) is 0 Å². The van der Waals surface area contributed by atoms with Crippen LogP contribution >= 0.6 is 11.3 Å². The van der Waals surface area contributed by atoms with Gasteiger partial charge in [-0.15, -0.1) is 11.3 Å². The van der Waals surface area contributed by atoms with Crippen molar-refractivity contribution in [2.24, 2.45) is 17.1 Å². The van der Waals surface area contributed by atoms with Gasteiger partial charge in [0.25, 0.3) is 0 Å². The Morgan fingerprint density at radius 2 is 2.10 bits per heavy atom. The van der Waals surface area contributed by atoms with E-state index < -0.39 is 0 Å². The zero-order valence-electron chi connectivity index (χ0n) is 12.7. The van der Waals surface area contributed by atoms with Gasteiger partial charge in [-0.25, -0.2) is 0 Å². The lowest BCUT2D eigenvalue weighted by Crippen LogP contribution is -2.43. The van der Waals surface area contributed by atoms with Crippen molar-refractivity contribution in [2.45, 2.75) is 59.0 Å². The Kier molecular flexibility index (Phi) is 4.86. The van der Waals surface area contributed by atoms with E-state index in [1.165, 1.54) is 30.6 Å². The molecule has 0 bridgehead atoms. The van der Waals surface area contributed by atoms with Crippen LogP contribution in [0.3, 0.4) is 0 Å². The number of carbonyl (C=O) groups is 1. The number of hydrogen-bond acceptors (Lipinski definition) is 3. The van der Waals surface area contributed by atoms with Gasteiger partial charge in [0.2, 0.25) is 5.91 Å². The van der Waals surface area contributed by atoms with Crippen LogP contribution in [0.15, 0.2) is 11.4 Å². The van der Waals surface area contributed by atoms with Crippen LogP contribution < -0.4 is 11.1 Å². The van der Waals surface area contributed by atoms with Crippen LogP contribution in [0.2, 0.25) is 0 Å². The third-order valence-electron chi connectivity index (χ3n) is 4.36. The second-order valence-corrected chi connectivity index (χ2v) is 7.91. The molecular formula is C16H26N2OS. The zero-order valence-corrected chi connectivity index (χ0v) is 13.6. The molecule has 3 nitrogen and oxygen atoms in total. The van der Waals surface area contributed by atoms with Crippen LogP contribution in [0.1, 0.15) is 61.7 Å². The lowest BCUT2D eigenvalue weighted by molar-refractivity contribution is 0.100. The molecule has 0 aliphatic heterocycles. The largest absolute Gasteiger partial charge is 0.366 e. The van der Waals surface area contributed by atoms with Crippen molar-refractivity contribution in [3.63, 3.8) is 0 Å². The van der Waals surface area contributed by atoms with Crippen LogP contribution in [-0.4, -0.2) is 11.9 Å². The van der Waals surface area contributed by atoms with E-state index in [0.29, 0.717) is 17.0 Å². The van der Waals surface area contributed by atoms with Gasteiger partial charge in [0.05, 0.1) is 5.56 Å². The summed E-state index contributed by atoms with van der Waals surface area (Å²) < 4.78 is 0. The lowest BCUT2D eigenvalue weighted by atomic mass is 9.69. The van der Waals surface area contributed by atoms with Crippen molar-refractivity contribution in [3.8, 4) is 0 Å². The maximum absolute atomic E-state index is 11.1. The minimum atomic E-state index is -0.335. The molecule has 20 heavy (non-hydrogen) atoms. The molecule has 1 fully saturated rings. The minimum absolute atomic E-state index is 0.335. The van der Waals surface area contributed by atoms with Crippen molar-refractivity contribution in [2.75, 3.05) is 0 Å². The van der Waals surface area contributed by atoms with Crippen molar-refractivity contribution < 1.29 is 4.79 Å². The molecule has 1 saturated carbocycles. The van der Waals surface area contributed by atoms with E-state index in [0.717, 1.165) is 12.5 Å². The number of carbonyl (C=O) groups excluding carboxylic acids is 1. The maximum atomic E-state index is 11.1. The molecule has 2 unspecified atom stereocenters. The molecule has 0 spiro atoms. The van der Waals surface area contributed by atoms with Gasteiger partial charge >= 0.3 is 0 Å². The predicted octanol–water partition coefficient (Wildman–Crippen LogP) is 3.54. The molecular weight excluding hydrogens is 268 g/mol. The number of thiophene rings is 1. The van der Waals surface area contributed by atoms with Gasteiger partial charge < -0.3 is 11.1 Å². The Bertz CT molecular complexity index is 461. The van der Waals surface area contributed by atoms with Crippen molar-refractivity contribution in [3.05, 3.63) is 21.9 Å². The fourth-order valence-electron chi connectivity index (χ4n) is 3.25. The smallest absolute Gasteiger partial charge is 0.249 e. The summed E-state index contributed by atoms with van der Waals surface area (Å²) in [6.07, 6.45) is 5.25. The normalized spacial score (nSPS) is 23.8. The topological polar surface area (TPSA) is 55.1 Å². The Hall–Kier alpha value is -0.870. The monoisotopic (exact) mass is 294 g/mol. The van der Waals surface area contributed by atoms with E-state index in [4.69, 9.17) is 5.73 Å². The van der Waals surface area contributed by atoms with Gasteiger partial charge in [-0.3, -0.25) is 4.79 Å². The SMILES string of the molecule is CC(C)(C)C1CCCCC1NCc1cc(C(N)=O)cs1. The summed E-state index contributed by atoms with van der Waals surface area (Å²) in [5.74, 6) is 0.393. The molecule has 4 heteroatoms. The number of primary amides is 1. The maximum Gasteiger partial charge on any atom is 0.249 e. The molecule has 1 aliphatic carbocycles. The third kappa shape index (κ3) is 3.83. The molecule has 0 aromatic carbocycles. The van der Waals surface area contributed by atoms with E-state index in [9.17, 15) is 4.79 Å². The Labute approximate surface area is 125 Å². The second kappa shape index (κ2) is 6.27. The van der Waals surface area contributed by atoms with Crippen LogP contribution in [-0.2, 0) is 6.54 Å². The van der Waals surface area contributed by atoms with E-state index in [2.05, 4.69) is 26.1 Å². The van der Waals surface area contributed by atoms with E-state index >= 15 is 0 Å². The molecule has 0 radical (unpaired) electrons. The molecule has 0 saturated heterocycles. The van der Waals surface area contributed by atoms with E-state index in [-0.39, 0.29) is 5.91 Å². The molecule has 3 N–H and O–H groups in total. The molecule has 2 rings (SSSR count). The highest BCUT2D eigenvalue weighted by molar-refractivity contribution is 7.10. The summed E-state index contributed by atoms with van der Waals surface area (Å²) >= 11 is 1.61. The summed E-state index contributed by atoms with van der Waals surface area (Å²) in [7, 11) is 0. The van der Waals surface area contributed by atoms with Crippen LogP contribution in [0, 0.1) is 11.3 Å². The second-order valence-electron chi connectivity index (χ2n) is 6.91. The van der Waals surface area contributed by atoms with Gasteiger partial charge in [-0.05, 0) is 30.2 Å². The Morgan fingerprint density at radius 1 is 1.40 bits per heavy atom. The minimum Gasteiger partial charge on any atom is -0.366 e. The Morgan fingerprint density at radius 3 is 2.70 bits per heavy atom. The number of nitrogens with one attached hydrogen (secondary N) is 1. The number of nitrogens with two attached hydrogens (primary N) is 1. The summed E-state index contributed by atoms with van der Waals surface area (Å²) in [6.45, 7) is 7.87. The van der Waals surface area contributed by atoms with Gasteiger partial charge in [0, 0.05) is 22.8 Å². The summed E-state index contributed by atoms with van der Waals surface area (Å²) in [4.78, 5) is 12.3. The molecule has 1 aliphatic rings. The highest BCUT2D eigenvalue weighted by Gasteiger charge is 2.33. The van der Waals surface area contributed by atoms with Gasteiger partial charge in [-0.2, -0.15) is 0 Å². The van der Waals surface area contributed by atoms with Crippen LogP contribution in [0.4, 0.5) is 0 Å². The standard InChI is InChI=1S/C16H26N2OS/c1-16(2,3)13-6-4-5-7-14(13)18-9-12-8-11(10-20-12)15(17)19/h8,10,13-14,18H,4-7,9H2,1-3H3,(H2,17,19). The van der Waals surface area contributed by atoms with Crippen LogP contribution in [0.5, 0.6) is 0 Å². The first-order chi connectivity index (χ1) is 9.38. The highest BCUT2D eigenvalue weighted by Crippen LogP contribution is 2.38. The third-order valence-corrected chi connectivity index (χ3v) is 5.29. The summed E-state index contributed by atoms with van der Waals surface area (Å²) in [5, 5.41) is 5.55. The molecule has 1 amide bonds. The van der Waals surface area contributed by atoms with Crippen LogP contribution in [0.25, 0.3) is 0 Å². The lowest BCUT2D eigenvalue weighted by Gasteiger charge is -2.41. The summed E-state index contributed by atoms with van der Waals surface area (Å²) in [6, 6.07) is 2.50. The number of amides is 1. The first-order valence-electron chi connectivity index (χ1n) is 7.48. The molecule has 1 aromatic heterocycles. The predicted molar refractivity (Wildman–Crippen MR) is 84.9 cm³/mol. The van der Waals surface area contributed by atoms with E-state index in [1.54, 1.807) is 11.3 Å². The molecule has 112 valence electrons. The van der Waals surface area contributed by atoms with Crippen molar-refractivity contribution >= 4 is 17.2 Å². The first-order valence-corrected chi connectivity index (χ1v) is 8.36. The Balaban J connectivity index is 1.95. The average molecular weight is 294 g/mol. The number of rotatable bonds is 4. The van der Waals surface area contributed by atoms with Gasteiger partial charge in [-0.1, -0.05) is 33.6 Å². The van der Waals surface area contributed by atoms with Gasteiger partial charge in [0.15, 0.2) is 0 Å². The molecule has 1 aromatic rings. The van der Waals surface area contributed by atoms with E-state index in [1.807, 2.05) is 11.4 Å². The number of hydrogen-bond donors (Lipinski definition) is 2. The van der Waals surface area contributed by atoms with Crippen molar-refractivity contribution in [1.82, 2.24) is 5.32 Å². The average Bonchev–Trinajstić information content (AvgIpc) is 2.84. The fourth-order valence-corrected chi connectivity index (χ4v) is 4.07. The van der Waals surface area contributed by atoms with Gasteiger partial charge in [0.1, 0.15) is 0 Å². The fraction of sp³-hybridized carbons (Fsp3) is 0.688. The quantitative estimate of drug-likeness (QED) is 0.892. The zero-order chi connectivity index (χ0) is 14.8. The first kappa shape index (κ1) is 15.5. The molecule has 2 atom stereocenters. The molecule has 1 heterocycles.